The van der Waals surface area contributed by atoms with Crippen LogP contribution in [0.4, 0.5) is 34.1 Å². The number of anilines is 6. The first-order valence-corrected chi connectivity index (χ1v) is 8.10. The van der Waals surface area contributed by atoms with Crippen molar-refractivity contribution in [3.8, 4) is 11.5 Å². The van der Waals surface area contributed by atoms with Crippen LogP contribution in [0.3, 0.4) is 0 Å². The summed E-state index contributed by atoms with van der Waals surface area (Å²) >= 11 is 0. The Balaban J connectivity index is 1.70. The zero-order valence-corrected chi connectivity index (χ0v) is 14.7. The minimum absolute atomic E-state index is 0.623. The third kappa shape index (κ3) is 3.92. The van der Waals surface area contributed by atoms with Crippen LogP contribution in [0.5, 0.6) is 11.5 Å². The fourth-order valence-corrected chi connectivity index (χ4v) is 2.51. The van der Waals surface area contributed by atoms with Crippen molar-refractivity contribution in [3.63, 3.8) is 0 Å². The lowest BCUT2D eigenvalue weighted by molar-refractivity contribution is 0.415. The van der Waals surface area contributed by atoms with Gasteiger partial charge in [-0.15, -0.1) is 0 Å². The van der Waals surface area contributed by atoms with Crippen LogP contribution in [0.2, 0.25) is 0 Å². The van der Waals surface area contributed by atoms with Gasteiger partial charge in [-0.2, -0.15) is 0 Å². The minimum Gasteiger partial charge on any atom is -0.497 e. The van der Waals surface area contributed by atoms with Crippen LogP contribution >= 0.6 is 0 Å². The lowest BCUT2D eigenvalue weighted by Crippen LogP contribution is -1.98. The quantitative estimate of drug-likeness (QED) is 0.494. The molecule has 0 unspecified atom stereocenters. The van der Waals surface area contributed by atoms with Crippen LogP contribution in [0.25, 0.3) is 0 Å². The Morgan fingerprint density at radius 2 is 1.00 bits per heavy atom. The van der Waals surface area contributed by atoms with Gasteiger partial charge in [0.1, 0.15) is 11.5 Å². The summed E-state index contributed by atoms with van der Waals surface area (Å²) < 4.78 is 10.3. The summed E-state index contributed by atoms with van der Waals surface area (Å²) in [5.41, 5.74) is 16.8. The van der Waals surface area contributed by atoms with Gasteiger partial charge >= 0.3 is 0 Å². The highest BCUT2D eigenvalue weighted by molar-refractivity contribution is 5.77. The molecular formula is C20H22N4O2. The Bertz CT molecular complexity index is 820. The molecule has 0 aliphatic heterocycles. The van der Waals surface area contributed by atoms with Crippen LogP contribution in [0.1, 0.15) is 0 Å². The van der Waals surface area contributed by atoms with Gasteiger partial charge in [0, 0.05) is 23.5 Å². The normalized spacial score (nSPS) is 10.2. The monoisotopic (exact) mass is 350 g/mol. The number of ether oxygens (including phenoxy) is 2. The van der Waals surface area contributed by atoms with Gasteiger partial charge in [-0.05, 0) is 48.5 Å². The van der Waals surface area contributed by atoms with Crippen molar-refractivity contribution in [1.82, 2.24) is 0 Å². The molecule has 6 N–H and O–H groups in total. The van der Waals surface area contributed by atoms with Gasteiger partial charge in [0.25, 0.3) is 0 Å². The number of methoxy groups -OCH3 is 2. The van der Waals surface area contributed by atoms with Gasteiger partial charge < -0.3 is 31.6 Å². The number of nitrogens with one attached hydrogen (secondary N) is 2. The van der Waals surface area contributed by atoms with Crippen molar-refractivity contribution in [2.24, 2.45) is 0 Å². The van der Waals surface area contributed by atoms with E-state index in [-0.39, 0.29) is 0 Å². The highest BCUT2D eigenvalue weighted by Gasteiger charge is 2.04. The van der Waals surface area contributed by atoms with E-state index in [4.69, 9.17) is 20.9 Å². The van der Waals surface area contributed by atoms with Gasteiger partial charge in [0.2, 0.25) is 0 Å². The molecule has 6 nitrogen and oxygen atoms in total. The maximum atomic E-state index is 6.04. The zero-order chi connectivity index (χ0) is 18.5. The van der Waals surface area contributed by atoms with Gasteiger partial charge in [-0.1, -0.05) is 0 Å². The van der Waals surface area contributed by atoms with Crippen LogP contribution in [-0.2, 0) is 0 Å². The zero-order valence-electron chi connectivity index (χ0n) is 14.7. The Morgan fingerprint density at radius 1 is 0.615 bits per heavy atom. The molecular weight excluding hydrogens is 328 g/mol. The molecule has 0 aliphatic carbocycles. The van der Waals surface area contributed by atoms with Crippen molar-refractivity contribution < 1.29 is 9.47 Å². The molecule has 3 aromatic rings. The summed E-state index contributed by atoms with van der Waals surface area (Å²) in [5.74, 6) is 1.45. The Morgan fingerprint density at radius 3 is 1.31 bits per heavy atom. The molecule has 0 spiro atoms. The van der Waals surface area contributed by atoms with Crippen molar-refractivity contribution >= 4 is 34.1 Å². The maximum Gasteiger partial charge on any atom is 0.121 e. The number of hydrogen-bond acceptors (Lipinski definition) is 6. The van der Waals surface area contributed by atoms with Gasteiger partial charge in [0.05, 0.1) is 37.0 Å². The summed E-state index contributed by atoms with van der Waals surface area (Å²) in [6.45, 7) is 0. The lowest BCUT2D eigenvalue weighted by Gasteiger charge is -2.13. The molecule has 0 aliphatic rings. The summed E-state index contributed by atoms with van der Waals surface area (Å²) in [7, 11) is 3.23. The number of nitrogens with two attached hydrogens (primary N) is 2. The first-order valence-electron chi connectivity index (χ1n) is 8.10. The smallest absolute Gasteiger partial charge is 0.121 e. The standard InChI is InChI=1S/C20H22N4O2/c1-25-15-7-9-19(17(21)11-15)23-13-3-5-14(6-4-13)24-20-10-8-16(26-2)12-18(20)22/h3-12,23-24H,21-22H2,1-2H3. The molecule has 134 valence electrons. The Hall–Kier alpha value is -3.54. The highest BCUT2D eigenvalue weighted by atomic mass is 16.5. The van der Waals surface area contributed by atoms with Crippen LogP contribution in [-0.4, -0.2) is 14.2 Å². The molecule has 0 atom stereocenters. The molecule has 26 heavy (non-hydrogen) atoms. The SMILES string of the molecule is COc1ccc(Nc2ccc(Nc3ccc(OC)cc3N)cc2)c(N)c1. The summed E-state index contributed by atoms with van der Waals surface area (Å²) in [4.78, 5) is 0. The molecule has 0 amide bonds. The highest BCUT2D eigenvalue weighted by Crippen LogP contribution is 2.30. The van der Waals surface area contributed by atoms with Crippen molar-refractivity contribution in [1.29, 1.82) is 0 Å². The Kier molecular flexibility index (Phi) is 5.03. The van der Waals surface area contributed by atoms with Crippen LogP contribution < -0.4 is 31.6 Å². The average molecular weight is 350 g/mol. The third-order valence-electron chi connectivity index (χ3n) is 3.96. The van der Waals surface area contributed by atoms with Gasteiger partial charge in [-0.25, -0.2) is 0 Å². The van der Waals surface area contributed by atoms with E-state index in [1.165, 1.54) is 0 Å². The number of hydrogen-bond donors (Lipinski definition) is 4. The van der Waals surface area contributed by atoms with Crippen molar-refractivity contribution in [2.75, 3.05) is 36.3 Å². The van der Waals surface area contributed by atoms with Gasteiger partial charge in [0.15, 0.2) is 0 Å². The molecule has 0 heterocycles. The van der Waals surface area contributed by atoms with E-state index < -0.39 is 0 Å². The molecule has 6 heteroatoms. The summed E-state index contributed by atoms with van der Waals surface area (Å²) in [5, 5.41) is 6.58. The number of benzene rings is 3. The van der Waals surface area contributed by atoms with E-state index in [9.17, 15) is 0 Å². The minimum atomic E-state index is 0.623. The second kappa shape index (κ2) is 7.57. The topological polar surface area (TPSA) is 94.6 Å². The predicted octanol–water partition coefficient (Wildman–Crippen LogP) is 4.36. The van der Waals surface area contributed by atoms with Crippen LogP contribution in [0, 0.1) is 0 Å². The summed E-state index contributed by atoms with van der Waals surface area (Å²) in [6.07, 6.45) is 0. The second-order valence-electron chi connectivity index (χ2n) is 5.73. The average Bonchev–Trinajstić information content (AvgIpc) is 2.66. The van der Waals surface area contributed by atoms with Gasteiger partial charge in [-0.3, -0.25) is 0 Å². The molecule has 0 bridgehead atoms. The van der Waals surface area contributed by atoms with E-state index in [2.05, 4.69) is 10.6 Å². The van der Waals surface area contributed by atoms with Crippen LogP contribution in [0.15, 0.2) is 60.7 Å². The molecule has 0 radical (unpaired) electrons. The van der Waals surface area contributed by atoms with E-state index >= 15 is 0 Å². The van der Waals surface area contributed by atoms with Crippen molar-refractivity contribution in [3.05, 3.63) is 60.7 Å². The molecule has 0 aromatic heterocycles. The van der Waals surface area contributed by atoms with Crippen molar-refractivity contribution in [2.45, 2.75) is 0 Å². The molecule has 0 saturated heterocycles. The van der Waals surface area contributed by atoms with E-state index in [1.807, 2.05) is 48.5 Å². The largest absolute Gasteiger partial charge is 0.497 e. The van der Waals surface area contributed by atoms with E-state index in [0.717, 1.165) is 34.2 Å². The molecule has 3 rings (SSSR count). The molecule has 0 fully saturated rings. The van der Waals surface area contributed by atoms with E-state index in [1.54, 1.807) is 26.4 Å². The number of nitrogen functional groups attached to an aromatic ring is 2. The fourth-order valence-electron chi connectivity index (χ4n) is 2.51. The van der Waals surface area contributed by atoms with E-state index in [0.29, 0.717) is 11.4 Å². The first-order chi connectivity index (χ1) is 12.6. The Labute approximate surface area is 152 Å². The number of rotatable bonds is 6. The molecule has 3 aromatic carbocycles. The predicted molar refractivity (Wildman–Crippen MR) is 108 cm³/mol. The lowest BCUT2D eigenvalue weighted by atomic mass is 10.2. The first kappa shape index (κ1) is 17.3. The fraction of sp³-hybridized carbons (Fsp3) is 0.100. The third-order valence-corrected chi connectivity index (χ3v) is 3.96. The maximum absolute atomic E-state index is 6.04. The molecule has 0 saturated carbocycles. The summed E-state index contributed by atoms with van der Waals surface area (Å²) in [6, 6.07) is 18.9. The second-order valence-corrected chi connectivity index (χ2v) is 5.73.